The van der Waals surface area contributed by atoms with Gasteiger partial charge in [-0.05, 0) is 35.0 Å². The highest BCUT2D eigenvalue weighted by Gasteiger charge is 2.12. The number of rotatable bonds is 2. The maximum Gasteiger partial charge on any atom is 0.189 e. The first-order valence-electron chi connectivity index (χ1n) is 4.98. The van der Waals surface area contributed by atoms with Crippen molar-refractivity contribution in [2.24, 2.45) is 0 Å². The molecule has 0 unspecified atom stereocenters. The molecule has 0 aromatic heterocycles. The van der Waals surface area contributed by atoms with Gasteiger partial charge in [-0.25, -0.2) is 8.42 Å². The Bertz CT molecular complexity index is 717. The van der Waals surface area contributed by atoms with E-state index in [1.54, 1.807) is 36.4 Å². The number of anilines is 1. The lowest BCUT2D eigenvalue weighted by Gasteiger charge is -2.04. The molecule has 0 amide bonds. The summed E-state index contributed by atoms with van der Waals surface area (Å²) in [6.45, 7) is 0. The van der Waals surface area contributed by atoms with Crippen LogP contribution in [0.5, 0.6) is 0 Å². The molecule has 18 heavy (non-hydrogen) atoms. The van der Waals surface area contributed by atoms with E-state index in [4.69, 9.17) is 12.2 Å². The Morgan fingerprint density at radius 1 is 1.11 bits per heavy atom. The molecule has 5 heteroatoms. The fraction of sp³-hybridized carbons (Fsp3) is 0.0769. The van der Waals surface area contributed by atoms with Crippen molar-refractivity contribution in [3.05, 3.63) is 36.4 Å². The number of terminal acetylenes is 1. The molecule has 0 spiro atoms. The van der Waals surface area contributed by atoms with Gasteiger partial charge in [0.15, 0.2) is 9.84 Å². The zero-order valence-electron chi connectivity index (χ0n) is 9.46. The number of hydrogen-bond donors (Lipinski definition) is 1. The Balaban J connectivity index is 0.00000162. The van der Waals surface area contributed by atoms with E-state index in [-0.39, 0.29) is 23.1 Å². The van der Waals surface area contributed by atoms with Crippen molar-refractivity contribution in [1.82, 2.24) is 0 Å². The van der Waals surface area contributed by atoms with Crippen LogP contribution in [0, 0.1) is 12.3 Å². The van der Waals surface area contributed by atoms with Gasteiger partial charge in [-0.2, -0.15) is 0 Å². The minimum atomic E-state index is -3.38. The lowest BCUT2D eigenvalue weighted by molar-refractivity contribution is 0.599. The Morgan fingerprint density at radius 3 is 2.39 bits per heavy atom. The standard InChI is InChI=1S/C13H11NO2S.ClH/c1-2-7-17(15,16)13-6-4-10-8-12(14)5-3-11(10)9-13;/h1,3-6,8-9H,7,14H2;1H. The third-order valence-electron chi connectivity index (χ3n) is 2.47. The summed E-state index contributed by atoms with van der Waals surface area (Å²) < 4.78 is 23.6. The van der Waals surface area contributed by atoms with E-state index >= 15 is 0 Å². The van der Waals surface area contributed by atoms with Crippen LogP contribution in [0.4, 0.5) is 5.69 Å². The van der Waals surface area contributed by atoms with Crippen molar-refractivity contribution >= 4 is 38.7 Å². The highest BCUT2D eigenvalue weighted by atomic mass is 35.5. The first-order chi connectivity index (χ1) is 8.03. The van der Waals surface area contributed by atoms with E-state index < -0.39 is 9.84 Å². The van der Waals surface area contributed by atoms with Crippen molar-refractivity contribution in [3.8, 4) is 12.3 Å². The lowest BCUT2D eigenvalue weighted by Crippen LogP contribution is -2.04. The molecule has 94 valence electrons. The van der Waals surface area contributed by atoms with Crippen LogP contribution in [0.3, 0.4) is 0 Å². The third kappa shape index (κ3) is 2.76. The maximum absolute atomic E-state index is 11.8. The van der Waals surface area contributed by atoms with Crippen LogP contribution in [0.1, 0.15) is 0 Å². The Hall–Kier alpha value is -1.70. The van der Waals surface area contributed by atoms with Gasteiger partial charge in [0, 0.05) is 5.69 Å². The molecule has 3 nitrogen and oxygen atoms in total. The van der Waals surface area contributed by atoms with Crippen LogP contribution in [0.2, 0.25) is 0 Å². The summed E-state index contributed by atoms with van der Waals surface area (Å²) in [5, 5.41) is 1.74. The summed E-state index contributed by atoms with van der Waals surface area (Å²) in [6, 6.07) is 10.2. The molecule has 2 rings (SSSR count). The van der Waals surface area contributed by atoms with E-state index in [1.807, 2.05) is 0 Å². The largest absolute Gasteiger partial charge is 0.399 e. The monoisotopic (exact) mass is 281 g/mol. The minimum absolute atomic E-state index is 0. The molecule has 0 bridgehead atoms. The zero-order chi connectivity index (χ0) is 12.5. The molecule has 0 saturated heterocycles. The van der Waals surface area contributed by atoms with Gasteiger partial charge >= 0.3 is 0 Å². The van der Waals surface area contributed by atoms with Gasteiger partial charge in [0.1, 0.15) is 5.75 Å². The van der Waals surface area contributed by atoms with Gasteiger partial charge in [-0.1, -0.05) is 18.1 Å². The van der Waals surface area contributed by atoms with Crippen molar-refractivity contribution in [3.63, 3.8) is 0 Å². The molecule has 0 fully saturated rings. The second kappa shape index (κ2) is 5.30. The Morgan fingerprint density at radius 2 is 1.72 bits per heavy atom. The normalized spacial score (nSPS) is 10.6. The maximum atomic E-state index is 11.8. The van der Waals surface area contributed by atoms with Crippen molar-refractivity contribution in [1.29, 1.82) is 0 Å². The quantitative estimate of drug-likeness (QED) is 0.678. The van der Waals surface area contributed by atoms with Crippen molar-refractivity contribution < 1.29 is 8.42 Å². The Labute approximate surface area is 112 Å². The van der Waals surface area contributed by atoms with Gasteiger partial charge in [0.05, 0.1) is 4.90 Å². The van der Waals surface area contributed by atoms with E-state index in [2.05, 4.69) is 5.92 Å². The van der Waals surface area contributed by atoms with Crippen LogP contribution in [-0.4, -0.2) is 14.2 Å². The first-order valence-corrected chi connectivity index (χ1v) is 6.64. The van der Waals surface area contributed by atoms with Gasteiger partial charge in [-0.15, -0.1) is 18.8 Å². The Kier molecular flexibility index (Phi) is 4.23. The van der Waals surface area contributed by atoms with E-state index in [0.29, 0.717) is 5.69 Å². The fourth-order valence-electron chi connectivity index (χ4n) is 1.63. The van der Waals surface area contributed by atoms with Gasteiger partial charge in [-0.3, -0.25) is 0 Å². The molecule has 2 aromatic carbocycles. The SMILES string of the molecule is C#CCS(=O)(=O)c1ccc2cc(N)ccc2c1.Cl. The summed E-state index contributed by atoms with van der Waals surface area (Å²) in [6.07, 6.45) is 5.04. The number of fused-ring (bicyclic) bond motifs is 1. The van der Waals surface area contributed by atoms with Crippen LogP contribution in [0.25, 0.3) is 10.8 Å². The van der Waals surface area contributed by atoms with Crippen LogP contribution >= 0.6 is 12.4 Å². The topological polar surface area (TPSA) is 60.2 Å². The molecule has 0 aliphatic carbocycles. The number of halogens is 1. The van der Waals surface area contributed by atoms with Crippen molar-refractivity contribution in [2.75, 3.05) is 11.5 Å². The van der Waals surface area contributed by atoms with Gasteiger partial charge in [0.25, 0.3) is 0 Å². The zero-order valence-corrected chi connectivity index (χ0v) is 11.1. The van der Waals surface area contributed by atoms with Crippen LogP contribution in [-0.2, 0) is 9.84 Å². The predicted molar refractivity (Wildman–Crippen MR) is 76.5 cm³/mol. The van der Waals surface area contributed by atoms with Crippen LogP contribution in [0.15, 0.2) is 41.3 Å². The molecule has 0 aliphatic heterocycles. The number of nitrogens with two attached hydrogens (primary N) is 1. The van der Waals surface area contributed by atoms with Gasteiger partial charge in [0.2, 0.25) is 0 Å². The minimum Gasteiger partial charge on any atom is -0.399 e. The number of nitrogen functional groups attached to an aromatic ring is 1. The molecular formula is C13H12ClNO2S. The summed E-state index contributed by atoms with van der Waals surface area (Å²) in [5.41, 5.74) is 6.30. The predicted octanol–water partition coefficient (Wildman–Crippen LogP) is 2.25. The average molecular weight is 282 g/mol. The number of sulfone groups is 1. The molecule has 0 aliphatic rings. The second-order valence-electron chi connectivity index (χ2n) is 3.73. The smallest absolute Gasteiger partial charge is 0.189 e. The molecular weight excluding hydrogens is 270 g/mol. The molecule has 0 heterocycles. The van der Waals surface area contributed by atoms with E-state index in [1.165, 1.54) is 0 Å². The number of benzene rings is 2. The van der Waals surface area contributed by atoms with Crippen LogP contribution < -0.4 is 5.73 Å². The molecule has 0 radical (unpaired) electrons. The highest BCUT2D eigenvalue weighted by Crippen LogP contribution is 2.21. The van der Waals surface area contributed by atoms with E-state index in [9.17, 15) is 8.42 Å². The fourth-order valence-corrected chi connectivity index (χ4v) is 2.60. The highest BCUT2D eigenvalue weighted by molar-refractivity contribution is 7.91. The summed E-state index contributed by atoms with van der Waals surface area (Å²) in [7, 11) is -3.38. The molecule has 0 atom stereocenters. The third-order valence-corrected chi connectivity index (χ3v) is 3.99. The molecule has 0 saturated carbocycles. The number of hydrogen-bond acceptors (Lipinski definition) is 3. The average Bonchev–Trinajstić information content (AvgIpc) is 2.28. The summed E-state index contributed by atoms with van der Waals surface area (Å²) >= 11 is 0. The summed E-state index contributed by atoms with van der Waals surface area (Å²) in [4.78, 5) is 0.243. The summed E-state index contributed by atoms with van der Waals surface area (Å²) in [5.74, 6) is 1.87. The van der Waals surface area contributed by atoms with Crippen molar-refractivity contribution in [2.45, 2.75) is 4.90 Å². The molecule has 2 aromatic rings. The molecule has 2 N–H and O–H groups in total. The van der Waals surface area contributed by atoms with E-state index in [0.717, 1.165) is 10.8 Å². The lowest BCUT2D eigenvalue weighted by atomic mass is 10.1. The first kappa shape index (κ1) is 14.4. The van der Waals surface area contributed by atoms with Gasteiger partial charge < -0.3 is 5.73 Å². The second-order valence-corrected chi connectivity index (χ2v) is 5.72.